The maximum absolute atomic E-state index is 15.6. The van der Waals surface area contributed by atoms with Crippen LogP contribution < -0.4 is 10.0 Å². The molecule has 8 rings (SSSR count). The number of hydrogen-bond acceptors (Lipinski definition) is 7. The number of pyridine rings is 1. The van der Waals surface area contributed by atoms with Crippen LogP contribution in [0, 0.1) is 17.6 Å². The summed E-state index contributed by atoms with van der Waals surface area (Å²) in [5.41, 5.74) is 0.409. The third kappa shape index (κ3) is 7.42. The number of amides is 1. The van der Waals surface area contributed by atoms with E-state index in [9.17, 15) is 30.8 Å². The Morgan fingerprint density at radius 2 is 1.76 bits per heavy atom. The monoisotopic (exact) mass is 859 g/mol. The van der Waals surface area contributed by atoms with Crippen LogP contribution >= 0.6 is 11.6 Å². The van der Waals surface area contributed by atoms with Crippen LogP contribution in [0.25, 0.3) is 33.3 Å². The highest BCUT2D eigenvalue weighted by Gasteiger charge is 2.67. The number of alkyl halides is 4. The van der Waals surface area contributed by atoms with Gasteiger partial charge in [-0.25, -0.2) is 22.2 Å². The maximum atomic E-state index is 15.6. The first kappa shape index (κ1) is 40.4. The van der Waals surface area contributed by atoms with Gasteiger partial charge in [-0.3, -0.25) is 23.6 Å². The van der Waals surface area contributed by atoms with E-state index >= 15 is 8.78 Å². The Kier molecular flexibility index (Phi) is 9.65. The van der Waals surface area contributed by atoms with Gasteiger partial charge in [0.15, 0.2) is 5.82 Å². The number of fused-ring (bicyclic) bond motifs is 4. The van der Waals surface area contributed by atoms with Crippen molar-refractivity contribution < 1.29 is 39.6 Å². The molecular formula is C39H36ClF6N9O3S. The first-order valence-electron chi connectivity index (χ1n) is 18.4. The molecule has 59 heavy (non-hydrogen) atoms. The third-order valence-electron chi connectivity index (χ3n) is 10.5. The number of carbonyl (C=O) groups is 1. The standard InChI is InChI=1S/C39H36ClF6N9O3S/c1-18(2)54-16-20(15-47-54)28-9-7-23(24-6-8-27(40)32-34(24)53(4)51-37(32)52-59(5,57)58)33(49-28)29(12-19-10-21(41)13-22(42)11-19)48-30(56)17-55-36-31(35(50-55)38(3,43)44)25-14-26(25)39(36,45)46/h6-11,13,15-16,18,25-26,29H,12,14,17H2,1-5H3,(H,48,56)(H,51,52)/t25-,26+,29-/m0/s1. The Bertz CT molecular complexity index is 2780. The van der Waals surface area contributed by atoms with Crippen molar-refractivity contribution in [3.8, 4) is 22.4 Å². The molecule has 0 radical (unpaired) electrons. The molecule has 0 aliphatic heterocycles. The van der Waals surface area contributed by atoms with Gasteiger partial charge in [-0.2, -0.15) is 32.9 Å². The number of benzene rings is 2. The summed E-state index contributed by atoms with van der Waals surface area (Å²) in [7, 11) is -2.26. The van der Waals surface area contributed by atoms with E-state index in [1.54, 1.807) is 42.3 Å². The van der Waals surface area contributed by atoms with Crippen molar-refractivity contribution in [1.29, 1.82) is 0 Å². The smallest absolute Gasteiger partial charge is 0.293 e. The van der Waals surface area contributed by atoms with Gasteiger partial charge in [0.05, 0.1) is 45.8 Å². The molecule has 4 aromatic heterocycles. The summed E-state index contributed by atoms with van der Waals surface area (Å²) < 4.78 is 121. The average molecular weight is 860 g/mol. The van der Waals surface area contributed by atoms with E-state index < -0.39 is 75.2 Å². The normalized spacial score (nSPS) is 17.6. The molecule has 2 aliphatic carbocycles. The summed E-state index contributed by atoms with van der Waals surface area (Å²) in [5.74, 6) is -11.9. The van der Waals surface area contributed by atoms with E-state index in [0.29, 0.717) is 45.6 Å². The second-order valence-electron chi connectivity index (χ2n) is 15.4. The van der Waals surface area contributed by atoms with Gasteiger partial charge >= 0.3 is 0 Å². The second-order valence-corrected chi connectivity index (χ2v) is 17.6. The Hall–Kier alpha value is -5.43. The Balaban J connectivity index is 1.29. The highest BCUT2D eigenvalue weighted by Crippen LogP contribution is 2.68. The number of sulfonamides is 1. The van der Waals surface area contributed by atoms with Crippen molar-refractivity contribution >= 4 is 44.3 Å². The highest BCUT2D eigenvalue weighted by atomic mass is 35.5. The van der Waals surface area contributed by atoms with E-state index in [4.69, 9.17) is 16.6 Å². The molecule has 20 heteroatoms. The zero-order valence-electron chi connectivity index (χ0n) is 32.0. The van der Waals surface area contributed by atoms with Gasteiger partial charge in [0.1, 0.15) is 29.6 Å². The molecule has 6 aromatic rings. The first-order valence-corrected chi connectivity index (χ1v) is 20.7. The minimum absolute atomic E-state index is 0.0190. The van der Waals surface area contributed by atoms with E-state index in [1.807, 2.05) is 13.8 Å². The van der Waals surface area contributed by atoms with Crippen molar-refractivity contribution in [2.24, 2.45) is 13.0 Å². The van der Waals surface area contributed by atoms with Gasteiger partial charge < -0.3 is 5.32 Å². The van der Waals surface area contributed by atoms with Gasteiger partial charge in [0, 0.05) is 60.4 Å². The lowest BCUT2D eigenvalue weighted by Gasteiger charge is -2.23. The van der Waals surface area contributed by atoms with Gasteiger partial charge in [-0.1, -0.05) is 23.7 Å². The molecule has 1 fully saturated rings. The van der Waals surface area contributed by atoms with Crippen LogP contribution in [0.15, 0.2) is 54.9 Å². The summed E-state index contributed by atoms with van der Waals surface area (Å²) in [6.45, 7) is 3.51. The van der Waals surface area contributed by atoms with E-state index in [1.165, 1.54) is 10.7 Å². The third-order valence-corrected chi connectivity index (χ3v) is 11.4. The fraction of sp³-hybridized carbons (Fsp3) is 0.359. The summed E-state index contributed by atoms with van der Waals surface area (Å²) in [6.07, 6.45) is 4.01. The second kappa shape index (κ2) is 14.1. The molecule has 0 saturated heterocycles. The lowest BCUT2D eigenvalue weighted by atomic mass is 9.93. The quantitative estimate of drug-likeness (QED) is 0.119. The van der Waals surface area contributed by atoms with Crippen LogP contribution in [0.5, 0.6) is 0 Å². The average Bonchev–Trinajstić information content (AvgIpc) is 3.36. The van der Waals surface area contributed by atoms with Crippen LogP contribution in [0.4, 0.5) is 32.2 Å². The van der Waals surface area contributed by atoms with Crippen molar-refractivity contribution in [1.82, 2.24) is 39.6 Å². The van der Waals surface area contributed by atoms with Gasteiger partial charge in [-0.05, 0) is 62.4 Å². The summed E-state index contributed by atoms with van der Waals surface area (Å²) in [5, 5.41) is 15.8. The largest absolute Gasteiger partial charge is 0.346 e. The van der Waals surface area contributed by atoms with Crippen molar-refractivity contribution in [3.05, 3.63) is 99.7 Å². The fourth-order valence-electron chi connectivity index (χ4n) is 7.99. The SMILES string of the molecule is CC(C)n1cc(-c2ccc(-c3ccc(Cl)c4c(NS(C)(=O)=O)nn(C)c34)c([C@H](Cc3cc(F)cc(F)c3)NC(=O)Cn3nc(C(C)(F)F)c4c3C(F)(F)[C@@H]3C[C@H]43)n2)cn1. The highest BCUT2D eigenvalue weighted by molar-refractivity contribution is 7.92. The van der Waals surface area contributed by atoms with Crippen molar-refractivity contribution in [2.75, 3.05) is 11.0 Å². The van der Waals surface area contributed by atoms with Crippen LogP contribution in [-0.4, -0.2) is 54.9 Å². The molecule has 0 spiro atoms. The minimum atomic E-state index is -3.82. The lowest BCUT2D eigenvalue weighted by molar-refractivity contribution is -0.123. The molecule has 1 amide bonds. The van der Waals surface area contributed by atoms with Gasteiger partial charge in [0.25, 0.3) is 11.8 Å². The molecule has 4 heterocycles. The van der Waals surface area contributed by atoms with Crippen LogP contribution in [0.3, 0.4) is 0 Å². The van der Waals surface area contributed by atoms with Gasteiger partial charge in [0.2, 0.25) is 15.9 Å². The van der Waals surface area contributed by atoms with Crippen molar-refractivity contribution in [2.45, 2.75) is 70.0 Å². The Morgan fingerprint density at radius 1 is 1.07 bits per heavy atom. The Labute approximate surface area is 338 Å². The predicted molar refractivity (Wildman–Crippen MR) is 207 cm³/mol. The topological polar surface area (TPSA) is 142 Å². The molecule has 0 unspecified atom stereocenters. The van der Waals surface area contributed by atoms with E-state index in [0.717, 1.165) is 18.4 Å². The predicted octanol–water partition coefficient (Wildman–Crippen LogP) is 8.00. The molecule has 2 aliphatic rings. The number of aryl methyl sites for hydroxylation is 1. The number of aromatic nitrogens is 7. The summed E-state index contributed by atoms with van der Waals surface area (Å²) in [6, 6.07) is 8.01. The fourth-order valence-corrected chi connectivity index (χ4v) is 8.72. The number of hydrogen-bond donors (Lipinski definition) is 2. The van der Waals surface area contributed by atoms with Crippen LogP contribution in [0.1, 0.15) is 73.4 Å². The van der Waals surface area contributed by atoms with Crippen LogP contribution in [0.2, 0.25) is 5.02 Å². The summed E-state index contributed by atoms with van der Waals surface area (Å²) >= 11 is 6.63. The molecule has 2 N–H and O–H groups in total. The van der Waals surface area contributed by atoms with E-state index in [-0.39, 0.29) is 51.9 Å². The molecule has 12 nitrogen and oxygen atoms in total. The Morgan fingerprint density at radius 3 is 2.41 bits per heavy atom. The minimum Gasteiger partial charge on any atom is -0.346 e. The van der Waals surface area contributed by atoms with Crippen LogP contribution in [-0.2, 0) is 46.7 Å². The van der Waals surface area contributed by atoms with Crippen molar-refractivity contribution in [3.63, 3.8) is 0 Å². The van der Waals surface area contributed by atoms with E-state index in [2.05, 4.69) is 25.3 Å². The van der Waals surface area contributed by atoms with Gasteiger partial charge in [-0.15, -0.1) is 0 Å². The lowest BCUT2D eigenvalue weighted by Crippen LogP contribution is -2.35. The molecule has 2 aromatic carbocycles. The number of carbonyl (C=O) groups excluding carboxylic acids is 1. The number of halogens is 7. The number of rotatable bonds is 12. The number of nitrogens with one attached hydrogen (secondary N) is 2. The summed E-state index contributed by atoms with van der Waals surface area (Å²) in [4.78, 5) is 19.1. The number of anilines is 1. The molecule has 1 saturated carbocycles. The maximum Gasteiger partial charge on any atom is 0.293 e. The first-order chi connectivity index (χ1) is 27.6. The molecular weight excluding hydrogens is 824 g/mol. The zero-order valence-corrected chi connectivity index (χ0v) is 33.6. The molecule has 0 bridgehead atoms. The molecule has 3 atom stereocenters. The molecule has 310 valence electrons. The number of nitrogens with zero attached hydrogens (tertiary/aromatic N) is 7. The zero-order chi connectivity index (χ0) is 42.5.